The van der Waals surface area contributed by atoms with Crippen molar-refractivity contribution in [1.29, 1.82) is 0 Å². The van der Waals surface area contributed by atoms with Crippen LogP contribution < -0.4 is 5.32 Å². The van der Waals surface area contributed by atoms with Crippen molar-refractivity contribution in [2.45, 2.75) is 31.2 Å². The molecule has 0 aliphatic heterocycles. The van der Waals surface area contributed by atoms with Gasteiger partial charge in [0.15, 0.2) is 4.60 Å². The van der Waals surface area contributed by atoms with Crippen molar-refractivity contribution >= 4 is 15.9 Å². The Balaban J connectivity index is 1.77. The van der Waals surface area contributed by atoms with E-state index in [-0.39, 0.29) is 0 Å². The fraction of sp³-hybridized carbons (Fsp3) is 0.467. The van der Waals surface area contributed by atoms with Gasteiger partial charge in [-0.3, -0.25) is 4.68 Å². The molecule has 1 atom stereocenters. The molecule has 1 aliphatic carbocycles. The maximum Gasteiger partial charge on any atom is 0.151 e. The standard InChI is InChI=1S/C15H19BrN4/c1-20-14(15(16)18-19-20)9-12(10-17-13-7-8-13)11-5-3-2-4-6-11/h2-6,12-13,17H,7-10H2,1H3. The summed E-state index contributed by atoms with van der Waals surface area (Å²) in [6.07, 6.45) is 3.57. The predicted octanol–water partition coefficient (Wildman–Crippen LogP) is 2.66. The van der Waals surface area contributed by atoms with Gasteiger partial charge < -0.3 is 5.32 Å². The number of nitrogens with zero attached hydrogens (tertiary/aromatic N) is 3. The molecule has 1 aliphatic rings. The molecule has 0 bridgehead atoms. The Morgan fingerprint density at radius 1 is 1.35 bits per heavy atom. The third-order valence-electron chi connectivity index (χ3n) is 3.84. The number of hydrogen-bond donors (Lipinski definition) is 1. The molecule has 1 fully saturated rings. The van der Waals surface area contributed by atoms with Crippen molar-refractivity contribution in [3.05, 3.63) is 46.2 Å². The maximum absolute atomic E-state index is 4.08. The van der Waals surface area contributed by atoms with Crippen LogP contribution in [0.5, 0.6) is 0 Å². The van der Waals surface area contributed by atoms with E-state index in [9.17, 15) is 0 Å². The summed E-state index contributed by atoms with van der Waals surface area (Å²) in [5, 5.41) is 11.8. The Morgan fingerprint density at radius 2 is 2.10 bits per heavy atom. The lowest BCUT2D eigenvalue weighted by Crippen LogP contribution is -2.25. The van der Waals surface area contributed by atoms with Gasteiger partial charge in [-0.2, -0.15) is 0 Å². The third-order valence-corrected chi connectivity index (χ3v) is 4.45. The van der Waals surface area contributed by atoms with E-state index in [0.717, 1.165) is 29.3 Å². The van der Waals surface area contributed by atoms with Crippen molar-refractivity contribution in [2.24, 2.45) is 7.05 Å². The van der Waals surface area contributed by atoms with Crippen LogP contribution in [0.2, 0.25) is 0 Å². The lowest BCUT2D eigenvalue weighted by molar-refractivity contribution is 0.555. The highest BCUT2D eigenvalue weighted by Crippen LogP contribution is 2.25. The summed E-state index contributed by atoms with van der Waals surface area (Å²) in [5.41, 5.74) is 2.52. The molecule has 0 spiro atoms. The summed E-state index contributed by atoms with van der Waals surface area (Å²) < 4.78 is 2.71. The Bertz CT molecular complexity index is 543. The lowest BCUT2D eigenvalue weighted by Gasteiger charge is -2.18. The van der Waals surface area contributed by atoms with Crippen LogP contribution in [0.15, 0.2) is 34.9 Å². The molecule has 3 rings (SSSR count). The fourth-order valence-corrected chi connectivity index (χ4v) is 2.92. The van der Waals surface area contributed by atoms with E-state index in [1.54, 1.807) is 0 Å². The molecular weight excluding hydrogens is 316 g/mol. The topological polar surface area (TPSA) is 42.7 Å². The van der Waals surface area contributed by atoms with Gasteiger partial charge in [0.1, 0.15) is 0 Å². The summed E-state index contributed by atoms with van der Waals surface area (Å²) in [6, 6.07) is 11.4. The van der Waals surface area contributed by atoms with Gasteiger partial charge in [-0.25, -0.2) is 0 Å². The zero-order valence-electron chi connectivity index (χ0n) is 11.6. The number of halogens is 1. The van der Waals surface area contributed by atoms with Crippen LogP contribution >= 0.6 is 15.9 Å². The second-order valence-electron chi connectivity index (χ2n) is 5.44. The Kier molecular flexibility index (Phi) is 4.17. The molecule has 1 heterocycles. The van der Waals surface area contributed by atoms with Crippen molar-refractivity contribution in [1.82, 2.24) is 20.3 Å². The smallest absolute Gasteiger partial charge is 0.151 e. The quantitative estimate of drug-likeness (QED) is 0.883. The normalized spacial score (nSPS) is 16.3. The van der Waals surface area contributed by atoms with Crippen LogP contribution in [-0.2, 0) is 13.5 Å². The van der Waals surface area contributed by atoms with E-state index in [2.05, 4.69) is 61.9 Å². The summed E-state index contributed by atoms with van der Waals surface area (Å²) >= 11 is 3.50. The van der Waals surface area contributed by atoms with Gasteiger partial charge in [0.25, 0.3) is 0 Å². The van der Waals surface area contributed by atoms with Crippen LogP contribution in [0.1, 0.15) is 30.0 Å². The van der Waals surface area contributed by atoms with Crippen LogP contribution in [0.3, 0.4) is 0 Å². The molecule has 5 heteroatoms. The van der Waals surface area contributed by atoms with Gasteiger partial charge in [-0.05, 0) is 34.3 Å². The number of aryl methyl sites for hydroxylation is 1. The highest BCUT2D eigenvalue weighted by atomic mass is 79.9. The molecule has 1 unspecified atom stereocenters. The Morgan fingerprint density at radius 3 is 2.70 bits per heavy atom. The van der Waals surface area contributed by atoms with Gasteiger partial charge in [-0.15, -0.1) is 5.10 Å². The minimum Gasteiger partial charge on any atom is -0.313 e. The first-order valence-electron chi connectivity index (χ1n) is 7.06. The van der Waals surface area contributed by atoms with Crippen LogP contribution in [0.25, 0.3) is 0 Å². The van der Waals surface area contributed by atoms with E-state index in [1.807, 2.05) is 11.7 Å². The molecule has 1 aromatic heterocycles. The molecule has 1 saturated carbocycles. The predicted molar refractivity (Wildman–Crippen MR) is 82.6 cm³/mol. The molecule has 106 valence electrons. The number of nitrogens with one attached hydrogen (secondary N) is 1. The number of hydrogen-bond acceptors (Lipinski definition) is 3. The van der Waals surface area contributed by atoms with E-state index in [0.29, 0.717) is 5.92 Å². The Labute approximate surface area is 127 Å². The first kappa shape index (κ1) is 13.8. The number of aromatic nitrogens is 3. The van der Waals surface area contributed by atoms with E-state index in [4.69, 9.17) is 0 Å². The number of rotatable bonds is 6. The minimum atomic E-state index is 0.449. The molecule has 0 amide bonds. The van der Waals surface area contributed by atoms with Gasteiger partial charge in [0.05, 0.1) is 5.69 Å². The zero-order chi connectivity index (χ0) is 13.9. The van der Waals surface area contributed by atoms with Crippen LogP contribution in [-0.4, -0.2) is 27.6 Å². The SMILES string of the molecule is Cn1nnc(Br)c1CC(CNC1CC1)c1ccccc1. The fourth-order valence-electron chi connectivity index (χ4n) is 2.43. The summed E-state index contributed by atoms with van der Waals surface area (Å²) in [4.78, 5) is 0. The largest absolute Gasteiger partial charge is 0.313 e. The van der Waals surface area contributed by atoms with E-state index < -0.39 is 0 Å². The molecule has 20 heavy (non-hydrogen) atoms. The third kappa shape index (κ3) is 3.27. The first-order valence-corrected chi connectivity index (χ1v) is 7.85. The maximum atomic E-state index is 4.08. The second-order valence-corrected chi connectivity index (χ2v) is 6.20. The van der Waals surface area contributed by atoms with Crippen molar-refractivity contribution in [3.8, 4) is 0 Å². The first-order chi connectivity index (χ1) is 9.74. The second kappa shape index (κ2) is 6.06. The monoisotopic (exact) mass is 334 g/mol. The van der Waals surface area contributed by atoms with Gasteiger partial charge in [-0.1, -0.05) is 35.5 Å². The average molecular weight is 335 g/mol. The van der Waals surface area contributed by atoms with Gasteiger partial charge >= 0.3 is 0 Å². The highest BCUT2D eigenvalue weighted by molar-refractivity contribution is 9.10. The molecular formula is C15H19BrN4. The Hall–Kier alpha value is -1.20. The molecule has 0 saturated heterocycles. The van der Waals surface area contributed by atoms with Crippen molar-refractivity contribution in [2.75, 3.05) is 6.54 Å². The molecule has 2 aromatic rings. The van der Waals surface area contributed by atoms with E-state index >= 15 is 0 Å². The van der Waals surface area contributed by atoms with Crippen LogP contribution in [0, 0.1) is 0 Å². The zero-order valence-corrected chi connectivity index (χ0v) is 13.2. The van der Waals surface area contributed by atoms with E-state index in [1.165, 1.54) is 18.4 Å². The number of benzene rings is 1. The summed E-state index contributed by atoms with van der Waals surface area (Å²) in [6.45, 7) is 1.01. The highest BCUT2D eigenvalue weighted by Gasteiger charge is 2.23. The average Bonchev–Trinajstić information content (AvgIpc) is 3.25. The minimum absolute atomic E-state index is 0.449. The summed E-state index contributed by atoms with van der Waals surface area (Å²) in [5.74, 6) is 0.449. The molecule has 4 nitrogen and oxygen atoms in total. The molecule has 0 radical (unpaired) electrons. The molecule has 1 aromatic carbocycles. The van der Waals surface area contributed by atoms with Crippen molar-refractivity contribution in [3.63, 3.8) is 0 Å². The summed E-state index contributed by atoms with van der Waals surface area (Å²) in [7, 11) is 1.95. The van der Waals surface area contributed by atoms with Crippen LogP contribution in [0.4, 0.5) is 0 Å². The molecule has 1 N–H and O–H groups in total. The van der Waals surface area contributed by atoms with Gasteiger partial charge in [0.2, 0.25) is 0 Å². The van der Waals surface area contributed by atoms with Gasteiger partial charge in [0, 0.05) is 32.0 Å². The lowest BCUT2D eigenvalue weighted by atomic mass is 9.94. The van der Waals surface area contributed by atoms with Crippen molar-refractivity contribution < 1.29 is 0 Å².